The molecule has 108 valence electrons. The van der Waals surface area contributed by atoms with Gasteiger partial charge >= 0.3 is 0 Å². The molecule has 0 aliphatic heterocycles. The summed E-state index contributed by atoms with van der Waals surface area (Å²) in [5.41, 5.74) is 0.991. The number of rotatable bonds is 7. The molecule has 0 saturated heterocycles. The summed E-state index contributed by atoms with van der Waals surface area (Å²) in [6.07, 6.45) is 0.889. The van der Waals surface area contributed by atoms with E-state index < -0.39 is 0 Å². The van der Waals surface area contributed by atoms with Gasteiger partial charge in [-0.3, -0.25) is 0 Å². The van der Waals surface area contributed by atoms with Crippen molar-refractivity contribution in [2.24, 2.45) is 0 Å². The molecule has 1 aromatic carbocycles. The lowest BCUT2D eigenvalue weighted by molar-refractivity contribution is 0.235. The van der Waals surface area contributed by atoms with Gasteiger partial charge in [-0.25, -0.2) is 0 Å². The smallest absolute Gasteiger partial charge is 0.134 e. The summed E-state index contributed by atoms with van der Waals surface area (Å²) in [6.45, 7) is 2.79. The zero-order chi connectivity index (χ0) is 14.4. The molecule has 4 heteroatoms. The highest BCUT2D eigenvalue weighted by Gasteiger charge is 2.08. The lowest BCUT2D eigenvalue weighted by Crippen LogP contribution is -2.30. The Morgan fingerprint density at radius 3 is 2.85 bits per heavy atom. The molecule has 2 aromatic rings. The fourth-order valence-electron chi connectivity index (χ4n) is 1.99. The summed E-state index contributed by atoms with van der Waals surface area (Å²) in [5.74, 6) is 2.48. The van der Waals surface area contributed by atoms with Crippen molar-refractivity contribution >= 4 is 0 Å². The van der Waals surface area contributed by atoms with Crippen LogP contribution in [0.4, 0.5) is 0 Å². The molecule has 0 radical (unpaired) electrons. The van der Waals surface area contributed by atoms with Gasteiger partial charge in [0, 0.05) is 11.6 Å². The number of nitrogens with one attached hydrogen (secondary N) is 1. The fraction of sp³-hybridized carbons (Fsp3) is 0.375. The summed E-state index contributed by atoms with van der Waals surface area (Å²) < 4.78 is 11.0. The molecule has 0 aliphatic rings. The summed E-state index contributed by atoms with van der Waals surface area (Å²) in [5, 5.41) is 12.4. The highest BCUT2D eigenvalue weighted by molar-refractivity contribution is 5.59. The minimum absolute atomic E-state index is 0.111. The third-order valence-corrected chi connectivity index (χ3v) is 3.29. The largest absolute Gasteiger partial charge is 0.497 e. The third-order valence-electron chi connectivity index (χ3n) is 3.29. The first-order chi connectivity index (χ1) is 9.76. The summed E-state index contributed by atoms with van der Waals surface area (Å²) >= 11 is 0. The Balaban J connectivity index is 2.04. The van der Waals surface area contributed by atoms with Crippen molar-refractivity contribution in [1.82, 2.24) is 5.32 Å². The molecule has 0 spiro atoms. The van der Waals surface area contributed by atoms with Gasteiger partial charge in [-0.2, -0.15) is 0 Å². The molecule has 2 N–H and O–H groups in total. The van der Waals surface area contributed by atoms with E-state index in [0.717, 1.165) is 29.3 Å². The molecule has 0 fully saturated rings. The minimum Gasteiger partial charge on any atom is -0.497 e. The van der Waals surface area contributed by atoms with Crippen molar-refractivity contribution in [2.75, 3.05) is 13.7 Å². The molecule has 0 saturated carbocycles. The van der Waals surface area contributed by atoms with Crippen LogP contribution in [0.15, 0.2) is 40.8 Å². The molecular formula is C16H21NO3. The molecule has 1 atom stereocenters. The average molecular weight is 275 g/mol. The van der Waals surface area contributed by atoms with E-state index in [-0.39, 0.29) is 12.6 Å². The maximum absolute atomic E-state index is 9.14. The number of methoxy groups -OCH3 is 1. The van der Waals surface area contributed by atoms with Gasteiger partial charge in [0.25, 0.3) is 0 Å². The Morgan fingerprint density at radius 1 is 1.30 bits per heavy atom. The SMILES string of the molecule is CCC(CO)NCc1ccc(-c2cccc(OC)c2)o1. The fourth-order valence-corrected chi connectivity index (χ4v) is 1.99. The second kappa shape index (κ2) is 7.12. The highest BCUT2D eigenvalue weighted by atomic mass is 16.5. The van der Waals surface area contributed by atoms with Crippen LogP contribution in [0.3, 0.4) is 0 Å². The van der Waals surface area contributed by atoms with E-state index in [0.29, 0.717) is 6.54 Å². The van der Waals surface area contributed by atoms with E-state index in [1.807, 2.05) is 43.3 Å². The molecule has 0 amide bonds. The van der Waals surface area contributed by atoms with Crippen LogP contribution in [0.5, 0.6) is 5.75 Å². The first-order valence-electron chi connectivity index (χ1n) is 6.84. The van der Waals surface area contributed by atoms with E-state index in [4.69, 9.17) is 14.3 Å². The monoisotopic (exact) mass is 275 g/mol. The number of ether oxygens (including phenoxy) is 1. The van der Waals surface area contributed by atoms with Gasteiger partial charge in [0.15, 0.2) is 0 Å². The zero-order valence-corrected chi connectivity index (χ0v) is 11.9. The van der Waals surface area contributed by atoms with Crippen molar-refractivity contribution < 1.29 is 14.3 Å². The standard InChI is InChI=1S/C16H21NO3/c1-3-13(11-18)17-10-15-7-8-16(20-15)12-5-4-6-14(9-12)19-2/h4-9,13,17-18H,3,10-11H2,1-2H3. The van der Waals surface area contributed by atoms with Gasteiger partial charge in [-0.1, -0.05) is 19.1 Å². The minimum atomic E-state index is 0.111. The Kier molecular flexibility index (Phi) is 5.21. The van der Waals surface area contributed by atoms with Crippen molar-refractivity contribution in [1.29, 1.82) is 0 Å². The molecule has 1 unspecified atom stereocenters. The summed E-state index contributed by atoms with van der Waals surface area (Å²) in [4.78, 5) is 0. The molecule has 2 rings (SSSR count). The normalized spacial score (nSPS) is 12.3. The first kappa shape index (κ1) is 14.6. The van der Waals surface area contributed by atoms with Crippen LogP contribution in [0, 0.1) is 0 Å². The maximum Gasteiger partial charge on any atom is 0.134 e. The topological polar surface area (TPSA) is 54.6 Å². The Morgan fingerprint density at radius 2 is 2.15 bits per heavy atom. The summed E-state index contributed by atoms with van der Waals surface area (Å²) in [6, 6.07) is 11.8. The predicted octanol–water partition coefficient (Wildman–Crippen LogP) is 2.82. The molecule has 0 bridgehead atoms. The third kappa shape index (κ3) is 3.62. The van der Waals surface area contributed by atoms with Crippen LogP contribution < -0.4 is 10.1 Å². The number of furan rings is 1. The molecule has 20 heavy (non-hydrogen) atoms. The predicted molar refractivity (Wildman–Crippen MR) is 78.7 cm³/mol. The Bertz CT molecular complexity index is 532. The van der Waals surface area contributed by atoms with Gasteiger partial charge < -0.3 is 19.6 Å². The Labute approximate surface area is 119 Å². The van der Waals surface area contributed by atoms with Gasteiger partial charge in [-0.15, -0.1) is 0 Å². The molecule has 4 nitrogen and oxygen atoms in total. The molecule has 1 aromatic heterocycles. The van der Waals surface area contributed by atoms with E-state index in [1.54, 1.807) is 7.11 Å². The number of hydrogen-bond acceptors (Lipinski definition) is 4. The van der Waals surface area contributed by atoms with Gasteiger partial charge in [0.1, 0.15) is 17.3 Å². The van der Waals surface area contributed by atoms with Crippen LogP contribution in [0.2, 0.25) is 0 Å². The second-order valence-electron chi connectivity index (χ2n) is 4.67. The van der Waals surface area contributed by atoms with Crippen molar-refractivity contribution in [3.63, 3.8) is 0 Å². The van der Waals surface area contributed by atoms with Crippen LogP contribution in [0.25, 0.3) is 11.3 Å². The van der Waals surface area contributed by atoms with Gasteiger partial charge in [0.2, 0.25) is 0 Å². The Hall–Kier alpha value is -1.78. The number of aliphatic hydroxyl groups is 1. The van der Waals surface area contributed by atoms with Crippen molar-refractivity contribution in [2.45, 2.75) is 25.9 Å². The van der Waals surface area contributed by atoms with E-state index in [2.05, 4.69) is 5.32 Å². The van der Waals surface area contributed by atoms with Crippen LogP contribution >= 0.6 is 0 Å². The van der Waals surface area contributed by atoms with Crippen molar-refractivity contribution in [3.8, 4) is 17.1 Å². The number of benzene rings is 1. The maximum atomic E-state index is 9.14. The van der Waals surface area contributed by atoms with E-state index in [1.165, 1.54) is 0 Å². The quantitative estimate of drug-likeness (QED) is 0.816. The lowest BCUT2D eigenvalue weighted by atomic mass is 10.2. The number of hydrogen-bond donors (Lipinski definition) is 2. The van der Waals surface area contributed by atoms with Crippen molar-refractivity contribution in [3.05, 3.63) is 42.2 Å². The molecule has 0 aliphatic carbocycles. The first-order valence-corrected chi connectivity index (χ1v) is 6.84. The average Bonchev–Trinajstić information content (AvgIpc) is 2.97. The number of aliphatic hydroxyl groups excluding tert-OH is 1. The van der Waals surface area contributed by atoms with Gasteiger partial charge in [0.05, 0.1) is 20.3 Å². The van der Waals surface area contributed by atoms with Crippen LogP contribution in [-0.2, 0) is 6.54 Å². The van der Waals surface area contributed by atoms with E-state index >= 15 is 0 Å². The zero-order valence-electron chi connectivity index (χ0n) is 11.9. The van der Waals surface area contributed by atoms with E-state index in [9.17, 15) is 0 Å². The van der Waals surface area contributed by atoms with Crippen LogP contribution in [0.1, 0.15) is 19.1 Å². The van der Waals surface area contributed by atoms with Gasteiger partial charge in [-0.05, 0) is 30.7 Å². The highest BCUT2D eigenvalue weighted by Crippen LogP contribution is 2.25. The van der Waals surface area contributed by atoms with Crippen LogP contribution in [-0.4, -0.2) is 24.9 Å². The second-order valence-corrected chi connectivity index (χ2v) is 4.67. The molecule has 1 heterocycles. The summed E-state index contributed by atoms with van der Waals surface area (Å²) in [7, 11) is 1.65. The molecular weight excluding hydrogens is 254 g/mol. The lowest BCUT2D eigenvalue weighted by Gasteiger charge is -2.12.